The molecule has 2 fully saturated rings. The van der Waals surface area contributed by atoms with Gasteiger partial charge in [0.05, 0.1) is 0 Å². The molecule has 2 saturated heterocycles. The van der Waals surface area contributed by atoms with E-state index >= 15 is 4.39 Å². The maximum Gasteiger partial charge on any atom is 0.490 e. The van der Waals surface area contributed by atoms with E-state index < -0.39 is 40.6 Å². The number of piperidine rings is 1. The van der Waals surface area contributed by atoms with E-state index in [1.54, 1.807) is 6.07 Å². The summed E-state index contributed by atoms with van der Waals surface area (Å²) < 4.78 is 81.6. The summed E-state index contributed by atoms with van der Waals surface area (Å²) in [4.78, 5) is 23.1. The van der Waals surface area contributed by atoms with E-state index in [0.717, 1.165) is 47.9 Å². The lowest BCUT2D eigenvalue weighted by Gasteiger charge is -2.38. The van der Waals surface area contributed by atoms with Gasteiger partial charge in [-0.25, -0.2) is 18.2 Å². The number of aliphatic carboxylic acids is 1. The van der Waals surface area contributed by atoms with Gasteiger partial charge in [-0.15, -0.1) is 0 Å². The molecule has 218 valence electrons. The number of carboxylic acids is 1. The Hall–Kier alpha value is -3.43. The molecule has 3 aliphatic rings. The van der Waals surface area contributed by atoms with Gasteiger partial charge in [0.15, 0.2) is 5.82 Å². The van der Waals surface area contributed by atoms with E-state index in [2.05, 4.69) is 10.2 Å². The number of nitrogens with zero attached hydrogens (tertiary/aromatic N) is 2. The summed E-state index contributed by atoms with van der Waals surface area (Å²) in [6, 6.07) is 11.5. The Kier molecular flexibility index (Phi) is 8.85. The van der Waals surface area contributed by atoms with Gasteiger partial charge in [-0.05, 0) is 49.5 Å². The van der Waals surface area contributed by atoms with E-state index in [-0.39, 0.29) is 18.0 Å². The van der Waals surface area contributed by atoms with Crippen molar-refractivity contribution < 1.29 is 45.4 Å². The molecule has 0 unspecified atom stereocenters. The van der Waals surface area contributed by atoms with Crippen LogP contribution >= 0.6 is 0 Å². The number of alkyl halides is 3. The van der Waals surface area contributed by atoms with Gasteiger partial charge < -0.3 is 15.2 Å². The van der Waals surface area contributed by atoms with Crippen molar-refractivity contribution in [2.75, 3.05) is 30.5 Å². The summed E-state index contributed by atoms with van der Waals surface area (Å²) in [5.41, 5.74) is 1.98. The molecule has 5 rings (SSSR count). The molecule has 0 aliphatic carbocycles. The lowest BCUT2D eigenvalue weighted by molar-refractivity contribution is -0.192. The van der Waals surface area contributed by atoms with Crippen LogP contribution < -0.4 is 19.1 Å². The summed E-state index contributed by atoms with van der Waals surface area (Å²) in [6.45, 7) is 2.78. The van der Waals surface area contributed by atoms with Crippen LogP contribution in [0.15, 0.2) is 36.4 Å². The Morgan fingerprint density at radius 2 is 1.77 bits per heavy atom. The number of hydrogen-bond acceptors (Lipinski definition) is 7. The third kappa shape index (κ3) is 6.82. The number of nitrogens with one attached hydrogen (secondary N) is 2. The number of carboxylic acid groups (broad SMARTS) is 1. The minimum atomic E-state index is -5.08. The summed E-state index contributed by atoms with van der Waals surface area (Å²) in [5, 5.41) is 10.5. The highest BCUT2D eigenvalue weighted by Crippen LogP contribution is 2.40. The Morgan fingerprint density at radius 1 is 1.12 bits per heavy atom. The number of amides is 1. The Labute approximate surface area is 228 Å². The second-order valence-corrected chi connectivity index (χ2v) is 11.1. The zero-order valence-electron chi connectivity index (χ0n) is 21.2. The van der Waals surface area contributed by atoms with Crippen LogP contribution in [-0.4, -0.2) is 68.7 Å². The standard InChI is InChI=1S/C23H27FN4O4S.C2HF3O2/c24-22-19-13-27(18-6-9-25-10-7-18)11-8-17(19)12-20(32-15-16-4-2-1-3-5-16)23(22)28-14-21(29)26-33(28,30)31;3-2(4,5)1(6)7/h1-5,12,18,25H,6-11,13-15H2,(H,26,29);(H,6,7). The highest BCUT2D eigenvalue weighted by molar-refractivity contribution is 7.92. The molecule has 1 amide bonds. The van der Waals surface area contributed by atoms with E-state index in [4.69, 9.17) is 14.6 Å². The minimum Gasteiger partial charge on any atom is -0.487 e. The average Bonchev–Trinajstić information content (AvgIpc) is 3.19. The predicted molar refractivity (Wildman–Crippen MR) is 135 cm³/mol. The van der Waals surface area contributed by atoms with Crippen molar-refractivity contribution in [1.82, 2.24) is 14.9 Å². The molecule has 2 aromatic carbocycles. The molecule has 15 heteroatoms. The predicted octanol–water partition coefficient (Wildman–Crippen LogP) is 2.33. The Morgan fingerprint density at radius 3 is 2.35 bits per heavy atom. The zero-order chi connectivity index (χ0) is 29.1. The highest BCUT2D eigenvalue weighted by atomic mass is 32.2. The minimum absolute atomic E-state index is 0.130. The average molecular weight is 589 g/mol. The molecule has 0 bridgehead atoms. The molecule has 3 N–H and O–H groups in total. The Balaban J connectivity index is 0.000000470. The molecule has 0 atom stereocenters. The Bertz CT molecular complexity index is 1350. The van der Waals surface area contributed by atoms with Crippen molar-refractivity contribution in [3.05, 3.63) is 58.9 Å². The number of ether oxygens (including phenoxy) is 1. The first kappa shape index (κ1) is 29.6. The van der Waals surface area contributed by atoms with Crippen LogP contribution in [0.2, 0.25) is 0 Å². The van der Waals surface area contributed by atoms with Crippen molar-refractivity contribution in [1.29, 1.82) is 0 Å². The molecule has 2 aromatic rings. The SMILES string of the molecule is O=C(O)C(F)(F)F.O=C1CN(c2c(OCc3ccccc3)cc3c(c2F)CN(C2CCNCC2)CC3)S(=O)(=O)N1. The first-order valence-electron chi connectivity index (χ1n) is 12.5. The quantitative estimate of drug-likeness (QED) is 0.455. The fourth-order valence-corrected chi connectivity index (χ4v) is 6.01. The van der Waals surface area contributed by atoms with Gasteiger partial charge in [-0.2, -0.15) is 21.6 Å². The van der Waals surface area contributed by atoms with Crippen LogP contribution in [0.3, 0.4) is 0 Å². The fourth-order valence-electron chi connectivity index (χ4n) is 4.85. The number of carbonyl (C=O) groups excluding carboxylic acids is 1. The van der Waals surface area contributed by atoms with Crippen LogP contribution in [0.1, 0.15) is 29.5 Å². The number of fused-ring (bicyclic) bond motifs is 1. The normalized spacial score (nSPS) is 19.3. The van der Waals surface area contributed by atoms with E-state index in [9.17, 15) is 26.4 Å². The third-order valence-corrected chi connectivity index (χ3v) is 8.18. The number of benzene rings is 2. The lowest BCUT2D eigenvalue weighted by atomic mass is 9.94. The third-order valence-electron chi connectivity index (χ3n) is 6.80. The molecule has 0 radical (unpaired) electrons. The maximum atomic E-state index is 16.0. The van der Waals surface area contributed by atoms with E-state index in [0.29, 0.717) is 24.6 Å². The second-order valence-electron chi connectivity index (χ2n) is 9.49. The summed E-state index contributed by atoms with van der Waals surface area (Å²) in [5.74, 6) is -3.95. The molecule has 40 heavy (non-hydrogen) atoms. The van der Waals surface area contributed by atoms with Crippen LogP contribution in [0, 0.1) is 5.82 Å². The number of rotatable bonds is 5. The number of carbonyl (C=O) groups is 2. The maximum absolute atomic E-state index is 16.0. The number of hydrogen-bond donors (Lipinski definition) is 3. The topological polar surface area (TPSA) is 128 Å². The first-order valence-corrected chi connectivity index (χ1v) is 13.9. The van der Waals surface area contributed by atoms with Crippen molar-refractivity contribution in [3.8, 4) is 5.75 Å². The second kappa shape index (κ2) is 12.0. The van der Waals surface area contributed by atoms with Gasteiger partial charge in [-0.1, -0.05) is 30.3 Å². The van der Waals surface area contributed by atoms with E-state index in [1.165, 1.54) is 0 Å². The zero-order valence-corrected chi connectivity index (χ0v) is 22.0. The van der Waals surface area contributed by atoms with Gasteiger partial charge in [0.25, 0.3) is 5.91 Å². The highest BCUT2D eigenvalue weighted by Gasteiger charge is 2.40. The number of anilines is 1. The van der Waals surface area contributed by atoms with Crippen LogP contribution in [0.4, 0.5) is 23.2 Å². The smallest absolute Gasteiger partial charge is 0.487 e. The van der Waals surface area contributed by atoms with Crippen molar-refractivity contribution >= 4 is 27.8 Å². The molecule has 0 aromatic heterocycles. The van der Waals surface area contributed by atoms with Crippen molar-refractivity contribution in [2.45, 2.75) is 44.6 Å². The van der Waals surface area contributed by atoms with Crippen molar-refractivity contribution in [2.24, 2.45) is 0 Å². The molecule has 10 nitrogen and oxygen atoms in total. The van der Waals surface area contributed by atoms with Crippen LogP contribution in [0.5, 0.6) is 5.75 Å². The van der Waals surface area contributed by atoms with Crippen LogP contribution in [-0.2, 0) is 39.4 Å². The molecular weight excluding hydrogens is 560 g/mol. The van der Waals surface area contributed by atoms with E-state index in [1.807, 2.05) is 35.1 Å². The first-order chi connectivity index (χ1) is 18.9. The molecule has 3 aliphatic heterocycles. The molecule has 0 spiro atoms. The lowest BCUT2D eigenvalue weighted by Crippen LogP contribution is -2.45. The summed E-state index contributed by atoms with van der Waals surface area (Å²) in [6.07, 6.45) is -2.43. The summed E-state index contributed by atoms with van der Waals surface area (Å²) >= 11 is 0. The molecule has 0 saturated carbocycles. The van der Waals surface area contributed by atoms with Gasteiger partial charge in [0, 0.05) is 24.7 Å². The molecule has 3 heterocycles. The van der Waals surface area contributed by atoms with Crippen LogP contribution in [0.25, 0.3) is 0 Å². The van der Waals surface area contributed by atoms with Gasteiger partial charge in [0.2, 0.25) is 0 Å². The monoisotopic (exact) mass is 588 g/mol. The van der Waals surface area contributed by atoms with Gasteiger partial charge >= 0.3 is 22.4 Å². The fraction of sp³-hybridized carbons (Fsp3) is 0.440. The summed E-state index contributed by atoms with van der Waals surface area (Å²) in [7, 11) is -4.19. The molecular formula is C25H28F4N4O6S. The van der Waals surface area contributed by atoms with Gasteiger partial charge in [-0.3, -0.25) is 9.69 Å². The van der Waals surface area contributed by atoms with Gasteiger partial charge in [0.1, 0.15) is 24.6 Å². The number of halogens is 4. The largest absolute Gasteiger partial charge is 0.490 e. The van der Waals surface area contributed by atoms with Crippen molar-refractivity contribution in [3.63, 3.8) is 0 Å².